The first kappa shape index (κ1) is 14.8. The van der Waals surface area contributed by atoms with Gasteiger partial charge in [-0.2, -0.15) is 0 Å². The van der Waals surface area contributed by atoms with E-state index < -0.39 is 0 Å². The molecule has 4 heteroatoms. The number of rotatable bonds is 3. The first-order valence-electron chi connectivity index (χ1n) is 7.64. The molecule has 2 fully saturated rings. The fraction of sp³-hybridized carbons (Fsp3) is 0.933. The van der Waals surface area contributed by atoms with E-state index in [9.17, 15) is 9.90 Å². The van der Waals surface area contributed by atoms with Crippen LogP contribution >= 0.6 is 0 Å². The smallest absolute Gasteiger partial charge is 0.226 e. The summed E-state index contributed by atoms with van der Waals surface area (Å²) in [6, 6.07) is 0. The van der Waals surface area contributed by atoms with Gasteiger partial charge in [0.25, 0.3) is 0 Å². The summed E-state index contributed by atoms with van der Waals surface area (Å²) in [6.45, 7) is 6.15. The summed E-state index contributed by atoms with van der Waals surface area (Å²) in [7, 11) is 0. The SMILES string of the molecule is CC1CCCC(CO)(NC(=O)C2(C)CCNCC2)C1. The van der Waals surface area contributed by atoms with Crippen molar-refractivity contribution in [2.75, 3.05) is 19.7 Å². The minimum atomic E-state index is -0.372. The highest BCUT2D eigenvalue weighted by Crippen LogP contribution is 2.34. The molecule has 1 saturated heterocycles. The van der Waals surface area contributed by atoms with Gasteiger partial charge in [-0.1, -0.05) is 26.7 Å². The number of hydrogen-bond donors (Lipinski definition) is 3. The highest BCUT2D eigenvalue weighted by atomic mass is 16.3. The van der Waals surface area contributed by atoms with Gasteiger partial charge in [-0.25, -0.2) is 0 Å². The highest BCUT2D eigenvalue weighted by Gasteiger charge is 2.41. The average Bonchev–Trinajstić information content (AvgIpc) is 2.39. The van der Waals surface area contributed by atoms with Crippen LogP contribution in [0.2, 0.25) is 0 Å². The van der Waals surface area contributed by atoms with E-state index in [1.54, 1.807) is 0 Å². The molecule has 110 valence electrons. The zero-order valence-corrected chi connectivity index (χ0v) is 12.3. The number of piperidine rings is 1. The maximum atomic E-state index is 12.6. The molecule has 1 heterocycles. The van der Waals surface area contributed by atoms with Gasteiger partial charge < -0.3 is 15.7 Å². The lowest BCUT2D eigenvalue weighted by molar-refractivity contribution is -0.135. The van der Waals surface area contributed by atoms with Crippen molar-refractivity contribution in [3.8, 4) is 0 Å². The molecule has 19 heavy (non-hydrogen) atoms. The van der Waals surface area contributed by atoms with Crippen LogP contribution in [0, 0.1) is 11.3 Å². The molecule has 4 nitrogen and oxygen atoms in total. The Kier molecular flexibility index (Phi) is 4.51. The van der Waals surface area contributed by atoms with Crippen LogP contribution in [0.3, 0.4) is 0 Å². The first-order chi connectivity index (χ1) is 9.00. The standard InChI is InChI=1S/C15H28N2O2/c1-12-4-3-5-15(10-12,11-18)17-13(19)14(2)6-8-16-9-7-14/h12,16,18H,3-11H2,1-2H3,(H,17,19). The molecule has 0 aromatic rings. The molecule has 1 amide bonds. The van der Waals surface area contributed by atoms with Crippen LogP contribution in [0.4, 0.5) is 0 Å². The second-order valence-corrected chi connectivity index (χ2v) is 6.90. The number of hydrogen-bond acceptors (Lipinski definition) is 3. The minimum absolute atomic E-state index is 0.0669. The third kappa shape index (κ3) is 3.29. The average molecular weight is 268 g/mol. The Morgan fingerprint density at radius 2 is 2.05 bits per heavy atom. The van der Waals surface area contributed by atoms with Crippen LogP contribution in [-0.2, 0) is 4.79 Å². The molecule has 0 spiro atoms. The van der Waals surface area contributed by atoms with Gasteiger partial charge in [-0.3, -0.25) is 4.79 Å². The Hall–Kier alpha value is -0.610. The van der Waals surface area contributed by atoms with Crippen molar-refractivity contribution >= 4 is 5.91 Å². The van der Waals surface area contributed by atoms with E-state index >= 15 is 0 Å². The summed E-state index contributed by atoms with van der Waals surface area (Å²) in [5.41, 5.74) is -0.642. The number of nitrogens with one attached hydrogen (secondary N) is 2. The highest BCUT2D eigenvalue weighted by molar-refractivity contribution is 5.83. The molecule has 1 aliphatic heterocycles. The molecule has 1 saturated carbocycles. The lowest BCUT2D eigenvalue weighted by Gasteiger charge is -2.42. The summed E-state index contributed by atoms with van der Waals surface area (Å²) < 4.78 is 0. The van der Waals surface area contributed by atoms with Gasteiger partial charge in [0.2, 0.25) is 5.91 Å². The summed E-state index contributed by atoms with van der Waals surface area (Å²) in [4.78, 5) is 12.6. The molecule has 0 aromatic carbocycles. The topological polar surface area (TPSA) is 61.4 Å². The van der Waals surface area contributed by atoms with Gasteiger partial charge in [-0.05, 0) is 44.7 Å². The van der Waals surface area contributed by atoms with Gasteiger partial charge in [0.1, 0.15) is 0 Å². The number of aliphatic hydroxyl groups is 1. The number of aliphatic hydroxyl groups excluding tert-OH is 1. The zero-order chi connectivity index (χ0) is 13.9. The minimum Gasteiger partial charge on any atom is -0.394 e. The van der Waals surface area contributed by atoms with Crippen LogP contribution in [0.5, 0.6) is 0 Å². The molecule has 3 N–H and O–H groups in total. The van der Waals surface area contributed by atoms with Crippen molar-refractivity contribution in [1.82, 2.24) is 10.6 Å². The molecule has 2 aliphatic rings. The van der Waals surface area contributed by atoms with Gasteiger partial charge >= 0.3 is 0 Å². The van der Waals surface area contributed by atoms with E-state index in [-0.39, 0.29) is 23.5 Å². The van der Waals surface area contributed by atoms with Crippen molar-refractivity contribution in [2.24, 2.45) is 11.3 Å². The molecule has 1 aliphatic carbocycles. The zero-order valence-electron chi connectivity index (χ0n) is 12.3. The first-order valence-corrected chi connectivity index (χ1v) is 7.64. The number of carbonyl (C=O) groups is 1. The lowest BCUT2D eigenvalue weighted by Crippen LogP contribution is -2.58. The van der Waals surface area contributed by atoms with Crippen molar-refractivity contribution in [2.45, 2.75) is 57.9 Å². The number of carbonyl (C=O) groups excluding carboxylic acids is 1. The van der Waals surface area contributed by atoms with Crippen molar-refractivity contribution in [3.63, 3.8) is 0 Å². The van der Waals surface area contributed by atoms with Gasteiger partial charge in [0, 0.05) is 5.41 Å². The van der Waals surface area contributed by atoms with Crippen LogP contribution < -0.4 is 10.6 Å². The van der Waals surface area contributed by atoms with Crippen molar-refractivity contribution < 1.29 is 9.90 Å². The fourth-order valence-corrected chi connectivity index (χ4v) is 3.55. The van der Waals surface area contributed by atoms with E-state index in [2.05, 4.69) is 24.5 Å². The molecule has 0 bridgehead atoms. The molecular weight excluding hydrogens is 240 g/mol. The van der Waals surface area contributed by atoms with Crippen LogP contribution in [-0.4, -0.2) is 36.2 Å². The Morgan fingerprint density at radius 3 is 2.63 bits per heavy atom. The normalized spacial score (nSPS) is 34.8. The lowest BCUT2D eigenvalue weighted by atomic mass is 9.74. The third-order valence-electron chi connectivity index (χ3n) is 5.03. The molecule has 2 rings (SSSR count). The van der Waals surface area contributed by atoms with Gasteiger partial charge in [0.15, 0.2) is 0 Å². The maximum Gasteiger partial charge on any atom is 0.226 e. The van der Waals surface area contributed by atoms with E-state index in [1.165, 1.54) is 6.42 Å². The second-order valence-electron chi connectivity index (χ2n) is 6.90. The van der Waals surface area contributed by atoms with Gasteiger partial charge in [-0.15, -0.1) is 0 Å². The second kappa shape index (κ2) is 5.80. The molecule has 0 radical (unpaired) electrons. The molecule has 2 unspecified atom stereocenters. The van der Waals surface area contributed by atoms with Crippen molar-refractivity contribution in [1.29, 1.82) is 0 Å². The Bertz CT molecular complexity index is 326. The Morgan fingerprint density at radius 1 is 1.37 bits per heavy atom. The molecule has 0 aromatic heterocycles. The van der Waals surface area contributed by atoms with E-state index in [4.69, 9.17) is 0 Å². The predicted molar refractivity (Wildman–Crippen MR) is 75.8 cm³/mol. The van der Waals surface area contributed by atoms with Gasteiger partial charge in [0.05, 0.1) is 12.1 Å². The Labute approximate surface area is 116 Å². The third-order valence-corrected chi connectivity index (χ3v) is 5.03. The van der Waals surface area contributed by atoms with Crippen LogP contribution in [0.25, 0.3) is 0 Å². The number of amides is 1. The van der Waals surface area contributed by atoms with E-state index in [0.29, 0.717) is 5.92 Å². The monoisotopic (exact) mass is 268 g/mol. The Balaban J connectivity index is 2.03. The largest absolute Gasteiger partial charge is 0.394 e. The summed E-state index contributed by atoms with van der Waals surface area (Å²) in [6.07, 6.45) is 5.89. The quantitative estimate of drug-likeness (QED) is 0.726. The van der Waals surface area contributed by atoms with Crippen LogP contribution in [0.1, 0.15) is 52.4 Å². The molecular formula is C15H28N2O2. The van der Waals surface area contributed by atoms with Crippen molar-refractivity contribution in [3.05, 3.63) is 0 Å². The van der Waals surface area contributed by atoms with E-state index in [0.717, 1.165) is 45.2 Å². The molecule has 2 atom stereocenters. The fourth-order valence-electron chi connectivity index (χ4n) is 3.55. The van der Waals surface area contributed by atoms with Crippen LogP contribution in [0.15, 0.2) is 0 Å². The summed E-state index contributed by atoms with van der Waals surface area (Å²) >= 11 is 0. The summed E-state index contributed by atoms with van der Waals surface area (Å²) in [5, 5.41) is 16.3. The predicted octanol–water partition coefficient (Wildman–Crippen LogP) is 1.43. The summed E-state index contributed by atoms with van der Waals surface area (Å²) in [5.74, 6) is 0.721. The maximum absolute atomic E-state index is 12.6. The van der Waals surface area contributed by atoms with E-state index in [1.807, 2.05) is 0 Å².